The molecular formula is C18H27ClN2O3. The highest BCUT2D eigenvalue weighted by Gasteiger charge is 2.07. The zero-order valence-electron chi connectivity index (χ0n) is 14.6. The standard InChI is InChI=1S/C18H26N2O3.ClH/c1-4-6-9-22-17-8-7-15(11-18(17)21-5-2)12-19-13-16-10-14(3)23-20-16;/h7-8,10-11,19H,4-6,9,12-13H2,1-3H3;1H. The summed E-state index contributed by atoms with van der Waals surface area (Å²) in [5, 5.41) is 7.32. The summed E-state index contributed by atoms with van der Waals surface area (Å²) in [6.07, 6.45) is 2.17. The van der Waals surface area contributed by atoms with Gasteiger partial charge in [-0.05, 0) is 38.0 Å². The molecule has 0 amide bonds. The van der Waals surface area contributed by atoms with Crippen molar-refractivity contribution in [2.45, 2.75) is 46.7 Å². The lowest BCUT2D eigenvalue weighted by atomic mass is 10.2. The molecule has 0 aliphatic rings. The number of nitrogens with one attached hydrogen (secondary N) is 1. The lowest BCUT2D eigenvalue weighted by molar-refractivity contribution is 0.272. The first-order valence-corrected chi connectivity index (χ1v) is 8.24. The Hall–Kier alpha value is -1.72. The average Bonchev–Trinajstić information content (AvgIpc) is 2.95. The van der Waals surface area contributed by atoms with Crippen LogP contribution < -0.4 is 14.8 Å². The third kappa shape index (κ3) is 6.42. The van der Waals surface area contributed by atoms with Crippen LogP contribution >= 0.6 is 12.4 Å². The highest BCUT2D eigenvalue weighted by Crippen LogP contribution is 2.28. The number of halogens is 1. The number of benzene rings is 1. The van der Waals surface area contributed by atoms with Gasteiger partial charge in [0.2, 0.25) is 0 Å². The van der Waals surface area contributed by atoms with Gasteiger partial charge in [-0.2, -0.15) is 0 Å². The number of rotatable bonds is 10. The monoisotopic (exact) mass is 354 g/mol. The zero-order chi connectivity index (χ0) is 16.5. The molecule has 0 aliphatic heterocycles. The summed E-state index contributed by atoms with van der Waals surface area (Å²) in [6.45, 7) is 8.78. The lowest BCUT2D eigenvalue weighted by Crippen LogP contribution is -2.13. The number of hydrogen-bond acceptors (Lipinski definition) is 5. The quantitative estimate of drug-likeness (QED) is 0.645. The van der Waals surface area contributed by atoms with Crippen molar-refractivity contribution in [2.75, 3.05) is 13.2 Å². The Balaban J connectivity index is 0.00000288. The van der Waals surface area contributed by atoms with E-state index in [9.17, 15) is 0 Å². The molecule has 1 heterocycles. The molecular weight excluding hydrogens is 328 g/mol. The van der Waals surface area contributed by atoms with E-state index >= 15 is 0 Å². The summed E-state index contributed by atoms with van der Waals surface area (Å²) < 4.78 is 16.5. The van der Waals surface area contributed by atoms with Crippen LogP contribution in [-0.2, 0) is 13.1 Å². The third-order valence-electron chi connectivity index (χ3n) is 3.38. The van der Waals surface area contributed by atoms with Gasteiger partial charge in [0.1, 0.15) is 5.76 Å². The largest absolute Gasteiger partial charge is 0.490 e. The maximum absolute atomic E-state index is 5.79. The molecule has 1 N–H and O–H groups in total. The molecule has 1 aromatic heterocycles. The van der Waals surface area contributed by atoms with Crippen LogP contribution in [0.4, 0.5) is 0 Å². The molecule has 1 aromatic carbocycles. The predicted molar refractivity (Wildman–Crippen MR) is 97.0 cm³/mol. The van der Waals surface area contributed by atoms with Crippen LogP contribution in [0.15, 0.2) is 28.8 Å². The molecule has 5 nitrogen and oxygen atoms in total. The molecule has 0 spiro atoms. The van der Waals surface area contributed by atoms with Crippen LogP contribution in [-0.4, -0.2) is 18.4 Å². The first-order valence-electron chi connectivity index (χ1n) is 8.24. The van der Waals surface area contributed by atoms with Crippen LogP contribution in [0.1, 0.15) is 43.7 Å². The summed E-state index contributed by atoms with van der Waals surface area (Å²) in [5.74, 6) is 2.45. The van der Waals surface area contributed by atoms with Crippen molar-refractivity contribution in [2.24, 2.45) is 0 Å². The fourth-order valence-corrected chi connectivity index (χ4v) is 2.21. The van der Waals surface area contributed by atoms with Crippen LogP contribution in [0.5, 0.6) is 11.5 Å². The second-order valence-corrected chi connectivity index (χ2v) is 5.45. The van der Waals surface area contributed by atoms with E-state index in [1.807, 2.05) is 32.0 Å². The number of nitrogens with zero attached hydrogens (tertiary/aromatic N) is 1. The molecule has 134 valence electrons. The summed E-state index contributed by atoms with van der Waals surface area (Å²) >= 11 is 0. The topological polar surface area (TPSA) is 56.5 Å². The molecule has 0 radical (unpaired) electrons. The van der Waals surface area contributed by atoms with E-state index in [1.54, 1.807) is 0 Å². The molecule has 0 fully saturated rings. The van der Waals surface area contributed by atoms with Crippen LogP contribution in [0.2, 0.25) is 0 Å². The Kier molecular flexibility index (Phi) is 9.27. The summed E-state index contributed by atoms with van der Waals surface area (Å²) in [6, 6.07) is 8.01. The normalized spacial score (nSPS) is 10.3. The van der Waals surface area contributed by atoms with Crippen molar-refractivity contribution in [3.05, 3.63) is 41.3 Å². The number of aryl methyl sites for hydroxylation is 1. The molecule has 0 saturated carbocycles. The summed E-state index contributed by atoms with van der Waals surface area (Å²) in [4.78, 5) is 0. The van der Waals surface area contributed by atoms with Gasteiger partial charge in [0, 0.05) is 19.2 Å². The van der Waals surface area contributed by atoms with E-state index < -0.39 is 0 Å². The minimum atomic E-state index is 0. The van der Waals surface area contributed by atoms with Crippen molar-refractivity contribution in [3.8, 4) is 11.5 Å². The summed E-state index contributed by atoms with van der Waals surface area (Å²) in [7, 11) is 0. The van der Waals surface area contributed by atoms with Gasteiger partial charge in [-0.15, -0.1) is 12.4 Å². The molecule has 0 aliphatic carbocycles. The van der Waals surface area contributed by atoms with Gasteiger partial charge >= 0.3 is 0 Å². The number of aromatic nitrogens is 1. The molecule has 24 heavy (non-hydrogen) atoms. The van der Waals surface area contributed by atoms with Gasteiger partial charge in [-0.1, -0.05) is 24.6 Å². The molecule has 0 saturated heterocycles. The number of unbranched alkanes of at least 4 members (excludes halogenated alkanes) is 1. The van der Waals surface area contributed by atoms with Crippen molar-refractivity contribution in [1.82, 2.24) is 10.5 Å². The Morgan fingerprint density at radius 1 is 1.08 bits per heavy atom. The third-order valence-corrected chi connectivity index (χ3v) is 3.38. The predicted octanol–water partition coefficient (Wildman–Crippen LogP) is 4.27. The fourth-order valence-electron chi connectivity index (χ4n) is 2.21. The van der Waals surface area contributed by atoms with Gasteiger partial charge < -0.3 is 19.3 Å². The van der Waals surface area contributed by atoms with Gasteiger partial charge in [0.15, 0.2) is 11.5 Å². The zero-order valence-corrected chi connectivity index (χ0v) is 15.4. The van der Waals surface area contributed by atoms with Gasteiger partial charge in [-0.25, -0.2) is 0 Å². The average molecular weight is 355 g/mol. The molecule has 2 aromatic rings. The van der Waals surface area contributed by atoms with Crippen LogP contribution in [0.3, 0.4) is 0 Å². The van der Waals surface area contributed by atoms with Crippen LogP contribution in [0.25, 0.3) is 0 Å². The molecule has 6 heteroatoms. The SMILES string of the molecule is CCCCOc1ccc(CNCc2cc(C)on2)cc1OCC.Cl. The second-order valence-electron chi connectivity index (χ2n) is 5.45. The van der Waals surface area contributed by atoms with Crippen molar-refractivity contribution in [1.29, 1.82) is 0 Å². The first-order chi connectivity index (χ1) is 11.2. The maximum Gasteiger partial charge on any atom is 0.161 e. The van der Waals surface area contributed by atoms with Gasteiger partial charge in [-0.3, -0.25) is 0 Å². The Labute approximate surface area is 150 Å². The second kappa shape index (κ2) is 10.9. The minimum absolute atomic E-state index is 0. The maximum atomic E-state index is 5.79. The van der Waals surface area contributed by atoms with Crippen LogP contribution in [0, 0.1) is 6.92 Å². The highest BCUT2D eigenvalue weighted by atomic mass is 35.5. The molecule has 0 unspecified atom stereocenters. The lowest BCUT2D eigenvalue weighted by Gasteiger charge is -2.13. The Bertz CT molecular complexity index is 602. The molecule has 0 bridgehead atoms. The number of hydrogen-bond donors (Lipinski definition) is 1. The minimum Gasteiger partial charge on any atom is -0.490 e. The van der Waals surface area contributed by atoms with E-state index in [4.69, 9.17) is 14.0 Å². The Morgan fingerprint density at radius 2 is 1.92 bits per heavy atom. The molecule has 0 atom stereocenters. The van der Waals surface area contributed by atoms with Gasteiger partial charge in [0.05, 0.1) is 18.9 Å². The smallest absolute Gasteiger partial charge is 0.161 e. The highest BCUT2D eigenvalue weighted by molar-refractivity contribution is 5.85. The first kappa shape index (κ1) is 20.3. The summed E-state index contributed by atoms with van der Waals surface area (Å²) in [5.41, 5.74) is 2.06. The van der Waals surface area contributed by atoms with E-state index in [1.165, 1.54) is 0 Å². The number of ether oxygens (including phenoxy) is 2. The van der Waals surface area contributed by atoms with E-state index in [2.05, 4.69) is 23.5 Å². The van der Waals surface area contributed by atoms with Crippen molar-refractivity contribution >= 4 is 12.4 Å². The van der Waals surface area contributed by atoms with E-state index in [0.29, 0.717) is 13.2 Å². The van der Waals surface area contributed by atoms with E-state index in [-0.39, 0.29) is 12.4 Å². The van der Waals surface area contributed by atoms with Crippen molar-refractivity contribution < 1.29 is 14.0 Å². The van der Waals surface area contributed by atoms with Gasteiger partial charge in [0.25, 0.3) is 0 Å². The van der Waals surface area contributed by atoms with E-state index in [0.717, 1.165) is 54.5 Å². The van der Waals surface area contributed by atoms with Crippen molar-refractivity contribution in [3.63, 3.8) is 0 Å². The Morgan fingerprint density at radius 3 is 2.58 bits per heavy atom. The molecule has 2 rings (SSSR count). The fraction of sp³-hybridized carbons (Fsp3) is 0.500.